The number of benzene rings is 2. The van der Waals surface area contributed by atoms with Crippen molar-refractivity contribution < 1.29 is 37.1 Å². The van der Waals surface area contributed by atoms with E-state index in [0.717, 1.165) is 68.1 Å². The van der Waals surface area contributed by atoms with Crippen LogP contribution < -0.4 is 20.7 Å². The molecule has 3 heterocycles. The number of ketones is 1. The lowest BCUT2D eigenvalue weighted by Gasteiger charge is -2.30. The molecule has 4 atom stereocenters. The van der Waals surface area contributed by atoms with Gasteiger partial charge in [-0.2, -0.15) is 0 Å². The minimum absolute atomic E-state index is 0.0576. The van der Waals surface area contributed by atoms with E-state index in [4.69, 9.17) is 9.47 Å². The van der Waals surface area contributed by atoms with Crippen molar-refractivity contribution in [1.82, 2.24) is 25.6 Å². The van der Waals surface area contributed by atoms with Crippen molar-refractivity contribution in [2.24, 2.45) is 11.8 Å². The van der Waals surface area contributed by atoms with E-state index in [1.165, 1.54) is 4.90 Å². The van der Waals surface area contributed by atoms with Gasteiger partial charge in [0.05, 0.1) is 19.0 Å². The quantitative estimate of drug-likeness (QED) is 0.166. The molecule has 296 valence electrons. The molecule has 0 radical (unpaired) electrons. The second kappa shape index (κ2) is 20.3. The normalized spacial score (nSPS) is 21.0. The Hall–Kier alpha value is -3.69. The first-order chi connectivity index (χ1) is 25.9. The molecule has 2 aromatic rings. The third-order valence-electron chi connectivity index (χ3n) is 10.7. The zero-order chi connectivity index (χ0) is 38.5. The molecule has 0 aromatic heterocycles. The Morgan fingerprint density at radius 1 is 0.907 bits per heavy atom. The van der Waals surface area contributed by atoms with Gasteiger partial charge in [-0.3, -0.25) is 19.2 Å². The summed E-state index contributed by atoms with van der Waals surface area (Å²) in [5.41, 5.74) is 2.79. The van der Waals surface area contributed by atoms with Crippen molar-refractivity contribution in [2.75, 3.05) is 45.6 Å². The zero-order valence-electron chi connectivity index (χ0n) is 31.6. The summed E-state index contributed by atoms with van der Waals surface area (Å²) >= 11 is 0. The number of piperidine rings is 1. The van der Waals surface area contributed by atoms with Gasteiger partial charge in [0.25, 0.3) is 5.91 Å². The van der Waals surface area contributed by atoms with Gasteiger partial charge < -0.3 is 30.3 Å². The summed E-state index contributed by atoms with van der Waals surface area (Å²) in [5, 5.41) is 8.90. The van der Waals surface area contributed by atoms with Gasteiger partial charge in [-0.05, 0) is 87.9 Å². The number of ether oxygens (including phenoxy) is 2. The minimum Gasteiger partial charge on any atom is -0.381 e. The Morgan fingerprint density at radius 2 is 1.59 bits per heavy atom. The average molecular weight is 768 g/mol. The average Bonchev–Trinajstić information content (AvgIpc) is 3.61. The third kappa shape index (κ3) is 13.0. The van der Waals surface area contributed by atoms with E-state index in [1.54, 1.807) is 0 Å². The van der Waals surface area contributed by atoms with Crippen LogP contribution in [0.1, 0.15) is 68.1 Å². The number of hydrogen-bond acceptors (Lipinski definition) is 9. The highest BCUT2D eigenvalue weighted by Crippen LogP contribution is 2.26. The number of rotatable bonds is 18. The van der Waals surface area contributed by atoms with E-state index in [1.807, 2.05) is 61.5 Å². The van der Waals surface area contributed by atoms with Crippen LogP contribution in [0, 0.1) is 18.8 Å². The molecule has 54 heavy (non-hydrogen) atoms. The van der Waals surface area contributed by atoms with Crippen LogP contribution in [-0.2, 0) is 51.7 Å². The summed E-state index contributed by atoms with van der Waals surface area (Å²) in [7, 11) is -3.78. The zero-order valence-corrected chi connectivity index (χ0v) is 32.4. The monoisotopic (exact) mass is 767 g/mol. The van der Waals surface area contributed by atoms with Crippen LogP contribution in [0.4, 0.5) is 0 Å². The highest BCUT2D eigenvalue weighted by atomic mass is 32.2. The number of aryl methyl sites for hydroxylation is 1. The molecule has 0 saturated carbocycles. The predicted molar refractivity (Wildman–Crippen MR) is 205 cm³/mol. The van der Waals surface area contributed by atoms with Gasteiger partial charge in [0.15, 0.2) is 0 Å². The maximum Gasteiger partial charge on any atom is 0.289 e. The van der Waals surface area contributed by atoms with Crippen LogP contribution in [0.5, 0.6) is 0 Å². The molecule has 0 unspecified atom stereocenters. The van der Waals surface area contributed by atoms with E-state index in [9.17, 15) is 27.6 Å². The SMILES string of the molecule is Cc1ccc(CO[C@@H]2C[C@@H](C(=O)N[C@@H](Cc3ccccc3)C(=O)C(=O)NCCC3CCOCC3)N(C(=O)[C@@H](CCC3CCNCC3)NS(C)(=O)=O)C2)cc1. The number of nitrogens with zero attached hydrogens (tertiary/aromatic N) is 1. The van der Waals surface area contributed by atoms with Crippen LogP contribution in [0.3, 0.4) is 0 Å². The summed E-state index contributed by atoms with van der Waals surface area (Å²) in [5.74, 6) is -1.93. The molecule has 3 amide bonds. The molecule has 14 heteroatoms. The summed E-state index contributed by atoms with van der Waals surface area (Å²) < 4.78 is 39.3. The number of carbonyl (C=O) groups excluding carboxylic acids is 4. The Balaban J connectivity index is 1.33. The van der Waals surface area contributed by atoms with Crippen molar-refractivity contribution in [3.8, 4) is 0 Å². The molecule has 13 nitrogen and oxygen atoms in total. The number of sulfonamides is 1. The first kappa shape index (κ1) is 41.5. The first-order valence-corrected chi connectivity index (χ1v) is 21.2. The number of amides is 3. The Bertz CT molecular complexity index is 1650. The largest absolute Gasteiger partial charge is 0.381 e. The van der Waals surface area contributed by atoms with Crippen molar-refractivity contribution in [3.05, 3.63) is 71.3 Å². The van der Waals surface area contributed by atoms with Gasteiger partial charge in [0.2, 0.25) is 27.6 Å². The lowest BCUT2D eigenvalue weighted by molar-refractivity contribution is -0.142. The van der Waals surface area contributed by atoms with Gasteiger partial charge >= 0.3 is 0 Å². The number of hydrogen-bond donors (Lipinski definition) is 4. The van der Waals surface area contributed by atoms with E-state index in [2.05, 4.69) is 20.7 Å². The standard InChI is InChI=1S/C40H57N5O8S/c1-28-8-10-32(11-9-28)27-53-33-25-36(45(26-33)40(49)34(44-54(2,50)51)13-12-29-14-19-41-20-15-29)38(47)43-35(24-31-6-4-3-5-7-31)37(46)39(48)42-21-16-30-17-22-52-23-18-30/h3-11,29-30,33-36,41,44H,12-27H2,1-2H3,(H,42,48)(H,43,47)/t33-,34-,35+,36+/m1/s1. The van der Waals surface area contributed by atoms with Crippen LogP contribution in [0.15, 0.2) is 54.6 Å². The van der Waals surface area contributed by atoms with Gasteiger partial charge in [-0.25, -0.2) is 13.1 Å². The fraction of sp³-hybridized carbons (Fsp3) is 0.600. The summed E-state index contributed by atoms with van der Waals surface area (Å²) in [6, 6.07) is 13.6. The molecule has 2 aromatic carbocycles. The third-order valence-corrected chi connectivity index (χ3v) is 11.5. The second-order valence-electron chi connectivity index (χ2n) is 15.1. The maximum atomic E-state index is 14.3. The fourth-order valence-electron chi connectivity index (χ4n) is 7.57. The summed E-state index contributed by atoms with van der Waals surface area (Å²) in [6.45, 7) is 5.75. The second-order valence-corrected chi connectivity index (χ2v) is 16.9. The molecular formula is C40H57N5O8S. The fourth-order valence-corrected chi connectivity index (χ4v) is 8.31. The molecule has 3 fully saturated rings. The lowest BCUT2D eigenvalue weighted by atomic mass is 9.91. The maximum absolute atomic E-state index is 14.3. The smallest absolute Gasteiger partial charge is 0.289 e. The van der Waals surface area contributed by atoms with E-state index >= 15 is 0 Å². The van der Waals surface area contributed by atoms with Crippen LogP contribution >= 0.6 is 0 Å². The number of likely N-dealkylation sites (tertiary alicyclic amines) is 1. The van der Waals surface area contributed by atoms with Gasteiger partial charge in [0.1, 0.15) is 18.1 Å². The minimum atomic E-state index is -3.78. The van der Waals surface area contributed by atoms with Crippen molar-refractivity contribution in [1.29, 1.82) is 0 Å². The molecule has 0 aliphatic carbocycles. The summed E-state index contributed by atoms with van der Waals surface area (Å²) in [6.07, 6.45) is 6.01. The molecule has 5 rings (SSSR count). The number of Topliss-reactive ketones (excluding diaryl/α,β-unsaturated/α-hetero) is 1. The van der Waals surface area contributed by atoms with Crippen LogP contribution in [0.25, 0.3) is 0 Å². The number of nitrogens with one attached hydrogen (secondary N) is 4. The summed E-state index contributed by atoms with van der Waals surface area (Å²) in [4.78, 5) is 56.9. The Morgan fingerprint density at radius 3 is 2.28 bits per heavy atom. The first-order valence-electron chi connectivity index (χ1n) is 19.3. The highest BCUT2D eigenvalue weighted by molar-refractivity contribution is 7.88. The topological polar surface area (TPSA) is 172 Å². The van der Waals surface area contributed by atoms with Gasteiger partial charge in [0, 0.05) is 39.1 Å². The van der Waals surface area contributed by atoms with Crippen molar-refractivity contribution in [3.63, 3.8) is 0 Å². The number of carbonyl (C=O) groups is 4. The molecule has 3 aliphatic heterocycles. The molecule has 3 saturated heterocycles. The van der Waals surface area contributed by atoms with E-state index in [-0.39, 0.29) is 32.4 Å². The molecule has 0 spiro atoms. The molecule has 0 bridgehead atoms. The Labute approximate surface area is 319 Å². The molecular weight excluding hydrogens is 711 g/mol. The predicted octanol–water partition coefficient (Wildman–Crippen LogP) is 2.41. The van der Waals surface area contributed by atoms with Crippen LogP contribution in [0.2, 0.25) is 0 Å². The van der Waals surface area contributed by atoms with Crippen molar-refractivity contribution >= 4 is 33.5 Å². The van der Waals surface area contributed by atoms with Crippen LogP contribution in [-0.4, -0.2) is 107 Å². The van der Waals surface area contributed by atoms with Crippen molar-refractivity contribution in [2.45, 2.75) is 95.5 Å². The van der Waals surface area contributed by atoms with E-state index in [0.29, 0.717) is 38.0 Å². The molecule has 3 aliphatic rings. The van der Waals surface area contributed by atoms with Gasteiger partial charge in [-0.1, -0.05) is 60.2 Å². The Kier molecular flexibility index (Phi) is 15.6. The van der Waals surface area contributed by atoms with E-state index < -0.39 is 57.8 Å². The lowest BCUT2D eigenvalue weighted by Crippen LogP contribution is -2.56. The van der Waals surface area contributed by atoms with Gasteiger partial charge in [-0.15, -0.1) is 0 Å². The highest BCUT2D eigenvalue weighted by Gasteiger charge is 2.44. The molecule has 4 N–H and O–H groups in total.